The van der Waals surface area contributed by atoms with Crippen molar-refractivity contribution in [1.29, 1.82) is 0 Å². The van der Waals surface area contributed by atoms with Crippen molar-refractivity contribution >= 4 is 29.9 Å². The van der Waals surface area contributed by atoms with Crippen LogP contribution in [-0.2, 0) is 0 Å². The van der Waals surface area contributed by atoms with E-state index in [2.05, 4.69) is 5.32 Å². The van der Waals surface area contributed by atoms with E-state index in [9.17, 15) is 4.79 Å². The van der Waals surface area contributed by atoms with Crippen LogP contribution >= 0.6 is 24.0 Å². The second-order valence-electron chi connectivity index (χ2n) is 5.48. The van der Waals surface area contributed by atoms with Gasteiger partial charge in [0, 0.05) is 30.2 Å². The monoisotopic (exact) mass is 366 g/mol. The van der Waals surface area contributed by atoms with Crippen molar-refractivity contribution in [2.24, 2.45) is 0 Å². The van der Waals surface area contributed by atoms with Gasteiger partial charge in [0.25, 0.3) is 5.91 Å². The summed E-state index contributed by atoms with van der Waals surface area (Å²) in [6.07, 6.45) is 0.988. The Balaban J connectivity index is 0.00000208. The van der Waals surface area contributed by atoms with Crippen molar-refractivity contribution in [3.8, 4) is 11.5 Å². The van der Waals surface area contributed by atoms with Crippen LogP contribution in [0.25, 0.3) is 0 Å². The molecule has 0 aromatic heterocycles. The molecular formula is C18H20Cl2N2O2. The molecule has 0 radical (unpaired) electrons. The first-order chi connectivity index (χ1) is 11.2. The van der Waals surface area contributed by atoms with Gasteiger partial charge in [-0.1, -0.05) is 17.7 Å². The summed E-state index contributed by atoms with van der Waals surface area (Å²) in [4.78, 5) is 14.4. The summed E-state index contributed by atoms with van der Waals surface area (Å²) in [5.74, 6) is 1.43. The highest BCUT2D eigenvalue weighted by Crippen LogP contribution is 2.24. The molecule has 1 saturated heterocycles. The van der Waals surface area contributed by atoms with Crippen LogP contribution in [0.15, 0.2) is 48.5 Å². The van der Waals surface area contributed by atoms with E-state index in [1.165, 1.54) is 0 Å². The molecule has 2 aromatic carbocycles. The third-order valence-corrected chi connectivity index (χ3v) is 4.00. The molecule has 1 fully saturated rings. The van der Waals surface area contributed by atoms with Gasteiger partial charge in [0.2, 0.25) is 0 Å². The number of ether oxygens (including phenoxy) is 1. The number of rotatable bonds is 3. The van der Waals surface area contributed by atoms with E-state index < -0.39 is 0 Å². The first-order valence-electron chi connectivity index (χ1n) is 7.76. The van der Waals surface area contributed by atoms with Crippen LogP contribution in [0.5, 0.6) is 11.5 Å². The largest absolute Gasteiger partial charge is 0.457 e. The highest BCUT2D eigenvalue weighted by molar-refractivity contribution is 6.30. The lowest BCUT2D eigenvalue weighted by Gasteiger charge is -2.20. The van der Waals surface area contributed by atoms with E-state index >= 15 is 0 Å². The molecule has 1 aliphatic heterocycles. The molecule has 1 aliphatic rings. The lowest BCUT2D eigenvalue weighted by atomic mass is 10.2. The highest BCUT2D eigenvalue weighted by atomic mass is 35.5. The van der Waals surface area contributed by atoms with Crippen molar-refractivity contribution in [2.75, 3.05) is 26.2 Å². The summed E-state index contributed by atoms with van der Waals surface area (Å²) in [6.45, 7) is 3.37. The van der Waals surface area contributed by atoms with Gasteiger partial charge in [-0.05, 0) is 55.4 Å². The fourth-order valence-electron chi connectivity index (χ4n) is 2.56. The first-order valence-corrected chi connectivity index (χ1v) is 8.14. The lowest BCUT2D eigenvalue weighted by molar-refractivity contribution is 0.0766. The number of benzene rings is 2. The Morgan fingerprint density at radius 1 is 1.04 bits per heavy atom. The van der Waals surface area contributed by atoms with Gasteiger partial charge in [0.05, 0.1) is 0 Å². The number of halogens is 2. The zero-order valence-corrected chi connectivity index (χ0v) is 14.8. The van der Waals surface area contributed by atoms with Gasteiger partial charge in [-0.15, -0.1) is 12.4 Å². The topological polar surface area (TPSA) is 41.6 Å². The molecule has 128 valence electrons. The molecule has 1 N–H and O–H groups in total. The summed E-state index contributed by atoms with van der Waals surface area (Å²) in [7, 11) is 0. The summed E-state index contributed by atoms with van der Waals surface area (Å²) in [6, 6.07) is 14.5. The predicted molar refractivity (Wildman–Crippen MR) is 98.6 cm³/mol. The third-order valence-electron chi connectivity index (χ3n) is 3.76. The SMILES string of the molecule is Cl.O=C(c1ccc(Oc2cccc(Cl)c2)cc1)N1CCCNCC1. The molecule has 2 aromatic rings. The molecular weight excluding hydrogens is 347 g/mol. The molecule has 0 aliphatic carbocycles. The number of carbonyl (C=O) groups excluding carboxylic acids is 1. The fourth-order valence-corrected chi connectivity index (χ4v) is 2.74. The van der Waals surface area contributed by atoms with Gasteiger partial charge in [0.15, 0.2) is 0 Å². The zero-order chi connectivity index (χ0) is 16.1. The van der Waals surface area contributed by atoms with Gasteiger partial charge in [-0.25, -0.2) is 0 Å². The van der Waals surface area contributed by atoms with E-state index in [0.717, 1.165) is 32.6 Å². The Labute approximate surface area is 153 Å². The Hall–Kier alpha value is -1.75. The maximum atomic E-state index is 12.5. The number of carbonyl (C=O) groups is 1. The van der Waals surface area contributed by atoms with Crippen LogP contribution in [0, 0.1) is 0 Å². The Morgan fingerprint density at radius 3 is 2.58 bits per heavy atom. The van der Waals surface area contributed by atoms with Gasteiger partial charge < -0.3 is 15.0 Å². The van der Waals surface area contributed by atoms with E-state index in [0.29, 0.717) is 22.1 Å². The number of amides is 1. The van der Waals surface area contributed by atoms with Gasteiger partial charge in [-0.2, -0.15) is 0 Å². The van der Waals surface area contributed by atoms with Crippen LogP contribution in [0.3, 0.4) is 0 Å². The Bertz CT molecular complexity index is 669. The summed E-state index contributed by atoms with van der Waals surface area (Å²) in [5.41, 5.74) is 0.686. The molecule has 6 heteroatoms. The Kier molecular flexibility index (Phi) is 6.91. The highest BCUT2D eigenvalue weighted by Gasteiger charge is 2.16. The minimum Gasteiger partial charge on any atom is -0.457 e. The maximum absolute atomic E-state index is 12.5. The van der Waals surface area contributed by atoms with Crippen LogP contribution in [-0.4, -0.2) is 37.0 Å². The summed E-state index contributed by atoms with van der Waals surface area (Å²) in [5, 5.41) is 3.93. The predicted octanol–water partition coefficient (Wildman–Crippen LogP) is 3.99. The van der Waals surface area contributed by atoms with Gasteiger partial charge in [0.1, 0.15) is 11.5 Å². The standard InChI is InChI=1S/C18H19ClN2O2.ClH/c19-15-3-1-4-17(13-15)23-16-7-5-14(6-8-16)18(22)21-11-2-9-20-10-12-21;/h1,3-8,13,20H,2,9-12H2;1H. The van der Waals surface area contributed by atoms with Crippen molar-refractivity contribution in [3.05, 3.63) is 59.1 Å². The van der Waals surface area contributed by atoms with Crippen molar-refractivity contribution in [1.82, 2.24) is 10.2 Å². The number of hydrogen-bond acceptors (Lipinski definition) is 3. The molecule has 0 spiro atoms. The second-order valence-corrected chi connectivity index (χ2v) is 5.92. The molecule has 1 amide bonds. The number of hydrogen-bond donors (Lipinski definition) is 1. The second kappa shape index (κ2) is 8.92. The first kappa shape index (κ1) is 18.6. The Morgan fingerprint density at radius 2 is 1.83 bits per heavy atom. The van der Waals surface area contributed by atoms with E-state index in [1.807, 2.05) is 29.2 Å². The van der Waals surface area contributed by atoms with Crippen molar-refractivity contribution < 1.29 is 9.53 Å². The normalized spacial score (nSPS) is 14.5. The number of nitrogens with zero attached hydrogens (tertiary/aromatic N) is 1. The smallest absolute Gasteiger partial charge is 0.253 e. The minimum absolute atomic E-state index is 0. The molecule has 24 heavy (non-hydrogen) atoms. The van der Waals surface area contributed by atoms with E-state index in [4.69, 9.17) is 16.3 Å². The van der Waals surface area contributed by atoms with Crippen molar-refractivity contribution in [2.45, 2.75) is 6.42 Å². The average Bonchev–Trinajstić information content (AvgIpc) is 2.84. The molecule has 0 bridgehead atoms. The zero-order valence-electron chi connectivity index (χ0n) is 13.2. The molecule has 0 atom stereocenters. The maximum Gasteiger partial charge on any atom is 0.253 e. The molecule has 4 nitrogen and oxygen atoms in total. The van der Waals surface area contributed by atoms with Crippen molar-refractivity contribution in [3.63, 3.8) is 0 Å². The van der Waals surface area contributed by atoms with Gasteiger partial charge >= 0.3 is 0 Å². The van der Waals surface area contributed by atoms with E-state index in [1.54, 1.807) is 24.3 Å². The van der Waals surface area contributed by atoms with Crippen LogP contribution < -0.4 is 10.1 Å². The minimum atomic E-state index is 0. The molecule has 3 rings (SSSR count). The molecule has 0 saturated carbocycles. The number of nitrogens with one attached hydrogen (secondary N) is 1. The molecule has 0 unspecified atom stereocenters. The lowest BCUT2D eigenvalue weighted by Crippen LogP contribution is -2.34. The quantitative estimate of drug-likeness (QED) is 0.892. The summed E-state index contributed by atoms with van der Waals surface area (Å²) < 4.78 is 5.74. The average molecular weight is 367 g/mol. The molecule has 1 heterocycles. The fraction of sp³-hybridized carbons (Fsp3) is 0.278. The van der Waals surface area contributed by atoms with Gasteiger partial charge in [-0.3, -0.25) is 4.79 Å². The van der Waals surface area contributed by atoms with Crippen LogP contribution in [0.1, 0.15) is 16.8 Å². The third kappa shape index (κ3) is 4.87. The summed E-state index contributed by atoms with van der Waals surface area (Å²) >= 11 is 5.94. The van der Waals surface area contributed by atoms with E-state index in [-0.39, 0.29) is 18.3 Å². The van der Waals surface area contributed by atoms with Crippen LogP contribution in [0.4, 0.5) is 0 Å². The van der Waals surface area contributed by atoms with Crippen LogP contribution in [0.2, 0.25) is 5.02 Å².